The van der Waals surface area contributed by atoms with Crippen molar-refractivity contribution >= 4 is 17.8 Å². The molecule has 1 N–H and O–H groups in total. The second kappa shape index (κ2) is 9.45. The first-order valence-electron chi connectivity index (χ1n) is 7.07. The second-order valence-corrected chi connectivity index (χ2v) is 4.74. The van der Waals surface area contributed by atoms with E-state index in [9.17, 15) is 14.4 Å². The number of nitrogens with one attached hydrogen (secondary N) is 1. The van der Waals surface area contributed by atoms with Crippen molar-refractivity contribution in [3.63, 3.8) is 0 Å². The van der Waals surface area contributed by atoms with E-state index in [1.807, 2.05) is 12.1 Å². The van der Waals surface area contributed by atoms with Crippen LogP contribution in [-0.4, -0.2) is 45.2 Å². The van der Waals surface area contributed by atoms with Crippen LogP contribution in [0.4, 0.5) is 0 Å². The largest absolute Gasteiger partial charge is 0.496 e. The summed E-state index contributed by atoms with van der Waals surface area (Å²) in [5, 5.41) is 2.57. The van der Waals surface area contributed by atoms with Crippen LogP contribution in [0, 0.1) is 0 Å². The van der Waals surface area contributed by atoms with Gasteiger partial charge in [-0.1, -0.05) is 18.2 Å². The Hall–Kier alpha value is -2.57. The van der Waals surface area contributed by atoms with Crippen molar-refractivity contribution in [2.75, 3.05) is 21.3 Å². The zero-order valence-corrected chi connectivity index (χ0v) is 13.5. The van der Waals surface area contributed by atoms with E-state index in [2.05, 4.69) is 10.1 Å². The predicted molar refractivity (Wildman–Crippen MR) is 81.9 cm³/mol. The SMILES string of the molecule is COC(=O)CCC(=O)N[C@H](Cc1ccccc1OC)C(=O)OC. The van der Waals surface area contributed by atoms with Crippen LogP contribution in [0.15, 0.2) is 24.3 Å². The standard InChI is InChI=1S/C16H21NO6/c1-21-13-7-5-4-6-11(13)10-12(16(20)23-3)17-14(18)8-9-15(19)22-2/h4-7,12H,8-10H2,1-3H3,(H,17,18)/t12-/m1/s1. The van der Waals surface area contributed by atoms with Gasteiger partial charge in [0.2, 0.25) is 5.91 Å². The smallest absolute Gasteiger partial charge is 0.328 e. The molecule has 23 heavy (non-hydrogen) atoms. The van der Waals surface area contributed by atoms with Crippen LogP contribution in [-0.2, 0) is 30.3 Å². The summed E-state index contributed by atoms with van der Waals surface area (Å²) in [5.74, 6) is -0.868. The molecular formula is C16H21NO6. The zero-order chi connectivity index (χ0) is 17.2. The van der Waals surface area contributed by atoms with Crippen molar-refractivity contribution in [3.8, 4) is 5.75 Å². The minimum absolute atomic E-state index is 0.0507. The number of carbonyl (C=O) groups excluding carboxylic acids is 3. The number of esters is 2. The first-order chi connectivity index (χ1) is 11.0. The van der Waals surface area contributed by atoms with Crippen LogP contribution < -0.4 is 10.1 Å². The van der Waals surface area contributed by atoms with Crippen molar-refractivity contribution in [1.29, 1.82) is 0 Å². The highest BCUT2D eigenvalue weighted by atomic mass is 16.5. The van der Waals surface area contributed by atoms with E-state index in [0.717, 1.165) is 5.56 Å². The monoisotopic (exact) mass is 323 g/mol. The summed E-state index contributed by atoms with van der Waals surface area (Å²) in [4.78, 5) is 34.8. The van der Waals surface area contributed by atoms with E-state index in [1.165, 1.54) is 21.3 Å². The summed E-state index contributed by atoms with van der Waals surface area (Å²) in [6, 6.07) is 6.33. The van der Waals surface area contributed by atoms with Gasteiger partial charge in [-0.3, -0.25) is 9.59 Å². The topological polar surface area (TPSA) is 90.9 Å². The molecule has 0 radical (unpaired) electrons. The third kappa shape index (κ3) is 5.98. The molecule has 1 atom stereocenters. The summed E-state index contributed by atoms with van der Waals surface area (Å²) in [7, 11) is 4.03. The maximum atomic E-state index is 11.9. The summed E-state index contributed by atoms with van der Waals surface area (Å²) < 4.78 is 14.4. The van der Waals surface area contributed by atoms with Gasteiger partial charge in [0.15, 0.2) is 0 Å². The molecule has 0 bridgehead atoms. The summed E-state index contributed by atoms with van der Waals surface area (Å²) in [5.41, 5.74) is 0.763. The molecule has 0 aliphatic carbocycles. The van der Waals surface area contributed by atoms with E-state index in [0.29, 0.717) is 5.75 Å². The van der Waals surface area contributed by atoms with Crippen molar-refractivity contribution in [2.45, 2.75) is 25.3 Å². The lowest BCUT2D eigenvalue weighted by Gasteiger charge is -2.18. The van der Waals surface area contributed by atoms with Crippen molar-refractivity contribution in [2.24, 2.45) is 0 Å². The Kier molecular flexibility index (Phi) is 7.59. The van der Waals surface area contributed by atoms with Gasteiger partial charge in [0.05, 0.1) is 27.8 Å². The molecule has 126 valence electrons. The first-order valence-corrected chi connectivity index (χ1v) is 7.07. The molecule has 0 aromatic heterocycles. The second-order valence-electron chi connectivity index (χ2n) is 4.74. The number of rotatable bonds is 8. The number of hydrogen-bond acceptors (Lipinski definition) is 6. The Morgan fingerprint density at radius 2 is 1.74 bits per heavy atom. The molecule has 0 saturated carbocycles. The van der Waals surface area contributed by atoms with Crippen LogP contribution in [0.2, 0.25) is 0 Å². The third-order valence-electron chi connectivity index (χ3n) is 3.22. The van der Waals surface area contributed by atoms with Gasteiger partial charge in [-0.15, -0.1) is 0 Å². The molecule has 0 spiro atoms. The van der Waals surface area contributed by atoms with Crippen LogP contribution in [0.3, 0.4) is 0 Å². The van der Waals surface area contributed by atoms with Gasteiger partial charge in [0.1, 0.15) is 11.8 Å². The van der Waals surface area contributed by atoms with E-state index in [1.54, 1.807) is 12.1 Å². The first kappa shape index (κ1) is 18.5. The minimum atomic E-state index is -0.860. The number of hydrogen-bond donors (Lipinski definition) is 1. The van der Waals surface area contributed by atoms with Gasteiger partial charge >= 0.3 is 11.9 Å². The molecule has 0 unspecified atom stereocenters. The lowest BCUT2D eigenvalue weighted by Crippen LogP contribution is -2.43. The van der Waals surface area contributed by atoms with Crippen LogP contribution >= 0.6 is 0 Å². The number of para-hydroxylation sites is 1. The normalized spacial score (nSPS) is 11.3. The number of carbonyl (C=O) groups is 3. The van der Waals surface area contributed by atoms with Crippen LogP contribution in [0.5, 0.6) is 5.75 Å². The lowest BCUT2D eigenvalue weighted by atomic mass is 10.0. The third-order valence-corrected chi connectivity index (χ3v) is 3.22. The molecule has 0 heterocycles. The van der Waals surface area contributed by atoms with Crippen LogP contribution in [0.1, 0.15) is 18.4 Å². The van der Waals surface area contributed by atoms with E-state index >= 15 is 0 Å². The van der Waals surface area contributed by atoms with Gasteiger partial charge < -0.3 is 19.5 Å². The minimum Gasteiger partial charge on any atom is -0.496 e. The molecule has 7 nitrogen and oxygen atoms in total. The Labute approximate surface area is 134 Å². The van der Waals surface area contributed by atoms with Crippen molar-refractivity contribution < 1.29 is 28.6 Å². The Morgan fingerprint density at radius 3 is 2.35 bits per heavy atom. The van der Waals surface area contributed by atoms with Crippen molar-refractivity contribution in [3.05, 3.63) is 29.8 Å². The summed E-state index contributed by atoms with van der Waals surface area (Å²) in [6.07, 6.45) is 0.109. The fraction of sp³-hybridized carbons (Fsp3) is 0.438. The maximum Gasteiger partial charge on any atom is 0.328 e. The zero-order valence-electron chi connectivity index (χ0n) is 13.5. The van der Waals surface area contributed by atoms with Gasteiger partial charge in [-0.25, -0.2) is 4.79 Å². The van der Waals surface area contributed by atoms with Crippen LogP contribution in [0.25, 0.3) is 0 Å². The molecular weight excluding hydrogens is 302 g/mol. The molecule has 0 aliphatic heterocycles. The molecule has 0 fully saturated rings. The molecule has 1 aromatic rings. The average molecular weight is 323 g/mol. The highest BCUT2D eigenvalue weighted by Crippen LogP contribution is 2.19. The molecule has 0 saturated heterocycles. The number of benzene rings is 1. The maximum absolute atomic E-state index is 11.9. The summed E-state index contributed by atoms with van der Waals surface area (Å²) >= 11 is 0. The molecule has 1 aromatic carbocycles. The van der Waals surface area contributed by atoms with E-state index in [-0.39, 0.29) is 19.3 Å². The molecule has 7 heteroatoms. The number of amides is 1. The highest BCUT2D eigenvalue weighted by Gasteiger charge is 2.23. The van der Waals surface area contributed by atoms with Gasteiger partial charge in [0.25, 0.3) is 0 Å². The van der Waals surface area contributed by atoms with E-state index in [4.69, 9.17) is 9.47 Å². The molecule has 0 aliphatic rings. The Balaban J connectivity index is 2.75. The fourth-order valence-corrected chi connectivity index (χ4v) is 2.01. The predicted octanol–water partition coefficient (Wildman–Crippen LogP) is 0.849. The lowest BCUT2D eigenvalue weighted by molar-refractivity contribution is -0.145. The molecule has 1 rings (SSSR count). The highest BCUT2D eigenvalue weighted by molar-refractivity contribution is 5.86. The summed E-state index contributed by atoms with van der Waals surface area (Å²) in [6.45, 7) is 0. The van der Waals surface area contributed by atoms with Crippen molar-refractivity contribution in [1.82, 2.24) is 5.32 Å². The average Bonchev–Trinajstić information content (AvgIpc) is 2.58. The van der Waals surface area contributed by atoms with Gasteiger partial charge in [-0.2, -0.15) is 0 Å². The number of methoxy groups -OCH3 is 3. The Bertz CT molecular complexity index is 557. The molecule has 1 amide bonds. The fourth-order valence-electron chi connectivity index (χ4n) is 2.01. The number of ether oxygens (including phenoxy) is 3. The van der Waals surface area contributed by atoms with E-state index < -0.39 is 23.9 Å². The Morgan fingerprint density at radius 1 is 1.04 bits per heavy atom. The quantitative estimate of drug-likeness (QED) is 0.713. The van der Waals surface area contributed by atoms with Gasteiger partial charge in [0, 0.05) is 12.8 Å². The van der Waals surface area contributed by atoms with Gasteiger partial charge in [-0.05, 0) is 11.6 Å².